The van der Waals surface area contributed by atoms with Crippen LogP contribution < -0.4 is 0 Å². The molecular formula is C10H9N5OS. The van der Waals surface area contributed by atoms with Crippen LogP contribution in [0.1, 0.15) is 18.0 Å². The van der Waals surface area contributed by atoms with E-state index in [1.54, 1.807) is 23.8 Å². The predicted molar refractivity (Wildman–Crippen MR) is 62.5 cm³/mol. The number of aromatic nitrogens is 5. The zero-order valence-corrected chi connectivity index (χ0v) is 9.79. The molecule has 6 nitrogen and oxygen atoms in total. The van der Waals surface area contributed by atoms with Gasteiger partial charge < -0.3 is 5.11 Å². The van der Waals surface area contributed by atoms with E-state index in [0.29, 0.717) is 15.8 Å². The number of fused-ring (bicyclic) bond motifs is 1. The number of rotatable bonds is 2. The van der Waals surface area contributed by atoms with E-state index >= 15 is 0 Å². The van der Waals surface area contributed by atoms with Gasteiger partial charge in [-0.1, -0.05) is 11.3 Å². The topological polar surface area (TPSA) is 76.2 Å². The molecule has 0 saturated carbocycles. The molecule has 3 heterocycles. The Kier molecular flexibility index (Phi) is 2.34. The Bertz CT molecular complexity index is 645. The molecule has 86 valence electrons. The smallest absolute Gasteiger partial charge is 0.235 e. The second-order valence-corrected chi connectivity index (χ2v) is 4.56. The van der Waals surface area contributed by atoms with Crippen LogP contribution in [-0.2, 0) is 0 Å². The van der Waals surface area contributed by atoms with E-state index in [1.807, 2.05) is 12.1 Å². The van der Waals surface area contributed by atoms with Crippen LogP contribution in [0, 0.1) is 0 Å². The molecule has 0 aliphatic carbocycles. The van der Waals surface area contributed by atoms with E-state index in [0.717, 1.165) is 5.56 Å². The third-order valence-electron chi connectivity index (χ3n) is 2.28. The van der Waals surface area contributed by atoms with Crippen LogP contribution >= 0.6 is 11.3 Å². The second kappa shape index (κ2) is 3.86. The van der Waals surface area contributed by atoms with Crippen molar-refractivity contribution in [3.8, 4) is 11.4 Å². The van der Waals surface area contributed by atoms with Gasteiger partial charge in [0.1, 0.15) is 11.1 Å². The summed E-state index contributed by atoms with van der Waals surface area (Å²) in [5.41, 5.74) is 0.849. The van der Waals surface area contributed by atoms with E-state index in [2.05, 4.69) is 20.3 Å². The normalized spacial score (nSPS) is 13.1. The van der Waals surface area contributed by atoms with Gasteiger partial charge in [-0.15, -0.1) is 10.2 Å². The minimum absolute atomic E-state index is 0.594. The third-order valence-corrected chi connectivity index (χ3v) is 3.35. The molecule has 0 fully saturated rings. The molecule has 3 rings (SSSR count). The highest BCUT2D eigenvalue weighted by Gasteiger charge is 2.15. The summed E-state index contributed by atoms with van der Waals surface area (Å²) in [6.45, 7) is 1.68. The summed E-state index contributed by atoms with van der Waals surface area (Å²) in [6.07, 6.45) is 2.81. The summed E-state index contributed by atoms with van der Waals surface area (Å²) < 4.78 is 1.63. The van der Waals surface area contributed by atoms with Gasteiger partial charge in [-0.3, -0.25) is 4.98 Å². The van der Waals surface area contributed by atoms with Gasteiger partial charge in [0.15, 0.2) is 5.82 Å². The maximum absolute atomic E-state index is 9.48. The lowest BCUT2D eigenvalue weighted by molar-refractivity contribution is 0.197. The van der Waals surface area contributed by atoms with E-state index in [-0.39, 0.29) is 0 Å². The highest BCUT2D eigenvalue weighted by atomic mass is 32.1. The molecule has 0 radical (unpaired) electrons. The quantitative estimate of drug-likeness (QED) is 0.738. The fourth-order valence-electron chi connectivity index (χ4n) is 1.48. The van der Waals surface area contributed by atoms with E-state index in [9.17, 15) is 5.11 Å². The van der Waals surface area contributed by atoms with Crippen molar-refractivity contribution >= 4 is 16.3 Å². The largest absolute Gasteiger partial charge is 0.386 e. The Morgan fingerprint density at radius 2 is 2.29 bits per heavy atom. The van der Waals surface area contributed by atoms with E-state index in [4.69, 9.17) is 0 Å². The molecular weight excluding hydrogens is 238 g/mol. The molecule has 0 aliphatic heterocycles. The minimum atomic E-state index is -0.594. The summed E-state index contributed by atoms with van der Waals surface area (Å²) >= 11 is 1.33. The first-order valence-corrected chi connectivity index (χ1v) is 5.88. The zero-order valence-electron chi connectivity index (χ0n) is 8.98. The lowest BCUT2D eigenvalue weighted by Crippen LogP contribution is -1.95. The molecule has 0 saturated heterocycles. The Balaban J connectivity index is 2.18. The van der Waals surface area contributed by atoms with Crippen molar-refractivity contribution in [1.82, 2.24) is 24.8 Å². The molecule has 17 heavy (non-hydrogen) atoms. The van der Waals surface area contributed by atoms with Crippen molar-refractivity contribution in [2.75, 3.05) is 0 Å². The van der Waals surface area contributed by atoms with Gasteiger partial charge in [0.05, 0.1) is 0 Å². The minimum Gasteiger partial charge on any atom is -0.386 e. The van der Waals surface area contributed by atoms with E-state index in [1.165, 1.54) is 11.3 Å². The first kappa shape index (κ1) is 10.3. The Morgan fingerprint density at radius 3 is 3.00 bits per heavy atom. The number of pyridine rings is 1. The van der Waals surface area contributed by atoms with Gasteiger partial charge in [-0.05, 0) is 19.1 Å². The molecule has 0 bridgehead atoms. The van der Waals surface area contributed by atoms with Crippen LogP contribution in [0.25, 0.3) is 16.3 Å². The Morgan fingerprint density at radius 1 is 1.41 bits per heavy atom. The molecule has 0 aromatic carbocycles. The lowest BCUT2D eigenvalue weighted by atomic mass is 10.3. The first-order valence-electron chi connectivity index (χ1n) is 5.06. The van der Waals surface area contributed by atoms with Crippen molar-refractivity contribution in [3.63, 3.8) is 0 Å². The molecule has 0 aliphatic rings. The number of hydrogen-bond donors (Lipinski definition) is 1. The van der Waals surface area contributed by atoms with Crippen LogP contribution in [0.4, 0.5) is 0 Å². The van der Waals surface area contributed by atoms with Crippen LogP contribution in [0.5, 0.6) is 0 Å². The van der Waals surface area contributed by atoms with E-state index < -0.39 is 6.10 Å². The van der Waals surface area contributed by atoms with Crippen LogP contribution in [0.15, 0.2) is 24.5 Å². The number of aliphatic hydroxyl groups is 1. The van der Waals surface area contributed by atoms with Gasteiger partial charge in [0.2, 0.25) is 4.96 Å². The highest BCUT2D eigenvalue weighted by Crippen LogP contribution is 2.23. The maximum Gasteiger partial charge on any atom is 0.235 e. The summed E-state index contributed by atoms with van der Waals surface area (Å²) in [5.74, 6) is 0.635. The molecule has 0 amide bonds. The van der Waals surface area contributed by atoms with Crippen LogP contribution in [0.2, 0.25) is 0 Å². The first-order chi connectivity index (χ1) is 8.25. The lowest BCUT2D eigenvalue weighted by Gasteiger charge is -1.96. The van der Waals surface area contributed by atoms with Crippen molar-refractivity contribution in [2.24, 2.45) is 0 Å². The molecule has 1 N–H and O–H groups in total. The Hall–Kier alpha value is -1.86. The molecule has 3 aromatic rings. The molecule has 1 unspecified atom stereocenters. The SMILES string of the molecule is CC(O)c1nn2c(-c3cccnc3)nnc2s1. The number of aliphatic hydroxyl groups excluding tert-OH is 1. The summed E-state index contributed by atoms with van der Waals surface area (Å²) in [5, 5.41) is 22.5. The van der Waals surface area contributed by atoms with Crippen LogP contribution in [0.3, 0.4) is 0 Å². The fourth-order valence-corrected chi connectivity index (χ4v) is 2.25. The molecule has 1 atom stereocenters. The number of nitrogens with zero attached hydrogens (tertiary/aromatic N) is 5. The number of hydrogen-bond acceptors (Lipinski definition) is 6. The summed E-state index contributed by atoms with van der Waals surface area (Å²) in [6, 6.07) is 3.73. The van der Waals surface area contributed by atoms with Crippen molar-refractivity contribution < 1.29 is 5.11 Å². The second-order valence-electron chi connectivity index (χ2n) is 3.58. The van der Waals surface area contributed by atoms with Gasteiger partial charge in [0.25, 0.3) is 0 Å². The van der Waals surface area contributed by atoms with Gasteiger partial charge in [0, 0.05) is 18.0 Å². The highest BCUT2D eigenvalue weighted by molar-refractivity contribution is 7.16. The molecule has 0 spiro atoms. The maximum atomic E-state index is 9.48. The van der Waals surface area contributed by atoms with Gasteiger partial charge in [-0.25, -0.2) is 0 Å². The van der Waals surface area contributed by atoms with Gasteiger partial charge >= 0.3 is 0 Å². The fraction of sp³-hybridized carbons (Fsp3) is 0.200. The standard InChI is InChI=1S/C10H9N5OS/c1-6(16)9-14-15-8(12-13-10(15)17-9)7-3-2-4-11-5-7/h2-6,16H,1H3. The monoisotopic (exact) mass is 247 g/mol. The average molecular weight is 247 g/mol. The van der Waals surface area contributed by atoms with Crippen molar-refractivity contribution in [2.45, 2.75) is 13.0 Å². The molecule has 3 aromatic heterocycles. The molecule has 7 heteroatoms. The Labute approximate surface area is 101 Å². The third kappa shape index (κ3) is 1.69. The summed E-state index contributed by atoms with van der Waals surface area (Å²) in [4.78, 5) is 4.70. The summed E-state index contributed by atoms with van der Waals surface area (Å²) in [7, 11) is 0. The average Bonchev–Trinajstić information content (AvgIpc) is 2.89. The van der Waals surface area contributed by atoms with Crippen molar-refractivity contribution in [1.29, 1.82) is 0 Å². The van der Waals surface area contributed by atoms with Crippen LogP contribution in [-0.4, -0.2) is 29.9 Å². The van der Waals surface area contributed by atoms with Crippen molar-refractivity contribution in [3.05, 3.63) is 29.5 Å². The zero-order chi connectivity index (χ0) is 11.8. The van der Waals surface area contributed by atoms with Gasteiger partial charge in [-0.2, -0.15) is 9.61 Å². The predicted octanol–water partition coefficient (Wildman–Crippen LogP) is 1.30.